The molecule has 0 aliphatic heterocycles. The van der Waals surface area contributed by atoms with Gasteiger partial charge < -0.3 is 0 Å². The minimum atomic E-state index is -0.344. The van der Waals surface area contributed by atoms with Crippen molar-refractivity contribution in [3.05, 3.63) is 68.6 Å². The minimum Gasteiger partial charge on any atom is -0.267 e. The highest BCUT2D eigenvalue weighted by atomic mass is 16.2. The molecule has 0 fully saturated rings. The molecule has 0 spiro atoms. The fraction of sp³-hybridized carbons (Fsp3) is 0.235. The van der Waals surface area contributed by atoms with Crippen molar-refractivity contribution in [1.82, 2.24) is 18.7 Å². The first-order valence-electron chi connectivity index (χ1n) is 7.72. The van der Waals surface area contributed by atoms with Crippen LogP contribution in [0.15, 0.2) is 46.1 Å². The molecule has 0 saturated carbocycles. The zero-order chi connectivity index (χ0) is 17.0. The van der Waals surface area contributed by atoms with Gasteiger partial charge in [0.1, 0.15) is 11.9 Å². The van der Waals surface area contributed by atoms with Crippen LogP contribution >= 0.6 is 0 Å². The van der Waals surface area contributed by atoms with Gasteiger partial charge in [-0.25, -0.2) is 14.3 Å². The Labute approximate surface area is 137 Å². The Bertz CT molecular complexity index is 1190. The summed E-state index contributed by atoms with van der Waals surface area (Å²) >= 11 is 0. The second-order valence-corrected chi connectivity index (χ2v) is 6.06. The topological polar surface area (TPSA) is 68.8 Å². The summed E-state index contributed by atoms with van der Waals surface area (Å²) in [4.78, 5) is 27.9. The maximum atomic E-state index is 12.6. The monoisotopic (exact) mass is 324 g/mol. The van der Waals surface area contributed by atoms with Crippen LogP contribution in [0.5, 0.6) is 0 Å². The van der Waals surface area contributed by atoms with E-state index in [1.54, 1.807) is 7.05 Å². The zero-order valence-corrected chi connectivity index (χ0v) is 13.8. The summed E-state index contributed by atoms with van der Waals surface area (Å²) in [5.74, 6) is 0.782. The van der Waals surface area contributed by atoms with Gasteiger partial charge in [-0.2, -0.15) is 4.40 Å². The lowest BCUT2D eigenvalue weighted by Gasteiger charge is -2.01. The second-order valence-electron chi connectivity index (χ2n) is 6.06. The number of rotatable bonds is 2. The number of nitrogens with zero attached hydrogens (tertiary/aromatic N) is 4. The summed E-state index contributed by atoms with van der Waals surface area (Å²) in [6, 6.07) is 10.1. The predicted octanol–water partition coefficient (Wildman–Crippen LogP) is 0.462. The Morgan fingerprint density at radius 3 is 2.50 bits per heavy atom. The van der Waals surface area contributed by atoms with Crippen LogP contribution in [-0.2, 0) is 20.6 Å². The third-order valence-electron chi connectivity index (χ3n) is 4.52. The van der Waals surface area contributed by atoms with E-state index in [0.717, 1.165) is 16.0 Å². The molecule has 4 aromatic rings. The average Bonchev–Trinajstić information content (AvgIpc) is 3.09. The lowest BCUT2D eigenvalue weighted by molar-refractivity contribution is -0.480. The summed E-state index contributed by atoms with van der Waals surface area (Å²) in [5, 5.41) is 0. The molecule has 0 saturated heterocycles. The minimum absolute atomic E-state index is 0.304. The predicted molar refractivity (Wildman–Crippen MR) is 90.2 cm³/mol. The highest BCUT2D eigenvalue weighted by Crippen LogP contribution is 2.12. The number of nitrogens with one attached hydrogen (secondary N) is 1. The van der Waals surface area contributed by atoms with Crippen LogP contribution in [0.25, 0.3) is 16.9 Å². The van der Waals surface area contributed by atoms with Gasteiger partial charge in [-0.05, 0) is 12.5 Å². The van der Waals surface area contributed by atoms with Crippen LogP contribution in [0, 0.1) is 6.92 Å². The van der Waals surface area contributed by atoms with Gasteiger partial charge in [0.25, 0.3) is 5.56 Å². The van der Waals surface area contributed by atoms with Gasteiger partial charge in [-0.1, -0.05) is 30.3 Å². The fourth-order valence-electron chi connectivity index (χ4n) is 3.17. The molecule has 3 aromatic heterocycles. The second kappa shape index (κ2) is 4.95. The summed E-state index contributed by atoms with van der Waals surface area (Å²) in [6.07, 6.45) is 1.92. The molecule has 0 amide bonds. The van der Waals surface area contributed by atoms with Crippen molar-refractivity contribution in [2.24, 2.45) is 14.1 Å². The normalized spacial score (nSPS) is 11.6. The van der Waals surface area contributed by atoms with Crippen LogP contribution in [-0.4, -0.2) is 18.7 Å². The summed E-state index contributed by atoms with van der Waals surface area (Å²) in [6.45, 7) is 2.69. The smallest absolute Gasteiger partial charge is 0.267 e. The molecule has 1 aromatic carbocycles. The number of aromatic amines is 1. The highest BCUT2D eigenvalue weighted by Gasteiger charge is 2.24. The van der Waals surface area contributed by atoms with Gasteiger partial charge in [0.15, 0.2) is 0 Å². The lowest BCUT2D eigenvalue weighted by Crippen LogP contribution is -2.39. The third-order valence-corrected chi connectivity index (χ3v) is 4.52. The van der Waals surface area contributed by atoms with E-state index in [1.807, 2.05) is 35.7 Å². The van der Waals surface area contributed by atoms with E-state index in [1.165, 1.54) is 17.2 Å². The number of hydrogen-bond donors (Lipinski definition) is 1. The van der Waals surface area contributed by atoms with Crippen molar-refractivity contribution in [3.63, 3.8) is 0 Å². The highest BCUT2D eigenvalue weighted by molar-refractivity contribution is 5.68. The molecule has 0 aliphatic carbocycles. The maximum absolute atomic E-state index is 12.6. The molecule has 0 atom stereocenters. The van der Waals surface area contributed by atoms with Gasteiger partial charge in [-0.3, -0.25) is 13.9 Å². The molecule has 122 valence electrons. The fourth-order valence-corrected chi connectivity index (χ4v) is 3.17. The lowest BCUT2D eigenvalue weighted by atomic mass is 10.2. The third kappa shape index (κ3) is 1.87. The summed E-state index contributed by atoms with van der Waals surface area (Å²) < 4.78 is 6.52. The van der Waals surface area contributed by atoms with Gasteiger partial charge in [-0.15, -0.1) is 0 Å². The van der Waals surface area contributed by atoms with Crippen molar-refractivity contribution in [1.29, 1.82) is 0 Å². The molecule has 0 bridgehead atoms. The molecule has 3 heterocycles. The zero-order valence-electron chi connectivity index (χ0n) is 13.8. The van der Waals surface area contributed by atoms with E-state index in [4.69, 9.17) is 0 Å². The van der Waals surface area contributed by atoms with Crippen molar-refractivity contribution >= 4 is 16.9 Å². The first kappa shape index (κ1) is 14.5. The van der Waals surface area contributed by atoms with E-state index in [9.17, 15) is 9.59 Å². The Morgan fingerprint density at radius 2 is 1.79 bits per heavy atom. The molecule has 24 heavy (non-hydrogen) atoms. The Balaban J connectivity index is 2.06. The first-order valence-corrected chi connectivity index (χ1v) is 7.72. The Morgan fingerprint density at radius 1 is 1.08 bits per heavy atom. The summed E-state index contributed by atoms with van der Waals surface area (Å²) in [5.41, 5.74) is 2.55. The molecule has 0 unspecified atom stereocenters. The van der Waals surface area contributed by atoms with Crippen LogP contribution in [0.2, 0.25) is 0 Å². The SMILES string of the molecule is Cc1c[n+]2c3c(=O)n(C)c(=O)n(C)c3[nH]c2n1Cc1ccccc1. The van der Waals surface area contributed by atoms with Crippen molar-refractivity contribution in [3.8, 4) is 0 Å². The van der Waals surface area contributed by atoms with Gasteiger partial charge >= 0.3 is 11.5 Å². The number of hydrogen-bond acceptors (Lipinski definition) is 2. The van der Waals surface area contributed by atoms with Crippen LogP contribution in [0.1, 0.15) is 11.3 Å². The number of H-pyrrole nitrogens is 1. The van der Waals surface area contributed by atoms with E-state index in [0.29, 0.717) is 17.7 Å². The van der Waals surface area contributed by atoms with Crippen molar-refractivity contribution < 1.29 is 4.40 Å². The number of aromatic nitrogens is 5. The molecular formula is C17H18N5O2+. The molecule has 0 aliphatic rings. The number of aryl methyl sites for hydroxylation is 2. The van der Waals surface area contributed by atoms with Gasteiger partial charge in [0.2, 0.25) is 11.2 Å². The quantitative estimate of drug-likeness (QED) is 0.544. The molecular weight excluding hydrogens is 306 g/mol. The van der Waals surface area contributed by atoms with Crippen molar-refractivity contribution in [2.45, 2.75) is 13.5 Å². The molecule has 0 radical (unpaired) electrons. The van der Waals surface area contributed by atoms with E-state index in [-0.39, 0.29) is 11.2 Å². The van der Waals surface area contributed by atoms with Gasteiger partial charge in [0.05, 0.1) is 6.54 Å². The molecule has 7 nitrogen and oxygen atoms in total. The standard InChI is InChI=1S/C17H17N5O2/c1-11-9-22-13-14(19(2)17(24)20(3)15(13)23)18-16(22)21(11)10-12-7-5-4-6-8-12/h4-9H,10H2,1-3H3/p+1. The van der Waals surface area contributed by atoms with Gasteiger partial charge in [0, 0.05) is 14.1 Å². The number of imidazole rings is 2. The number of fused-ring (bicyclic) bond motifs is 3. The molecule has 4 rings (SSSR count). The molecule has 7 heteroatoms. The number of benzene rings is 1. The van der Waals surface area contributed by atoms with Crippen molar-refractivity contribution in [2.75, 3.05) is 0 Å². The summed E-state index contributed by atoms with van der Waals surface area (Å²) in [7, 11) is 3.16. The van der Waals surface area contributed by atoms with E-state index in [2.05, 4.69) is 21.7 Å². The van der Waals surface area contributed by atoms with E-state index >= 15 is 0 Å². The van der Waals surface area contributed by atoms with Crippen LogP contribution in [0.3, 0.4) is 0 Å². The van der Waals surface area contributed by atoms with E-state index < -0.39 is 0 Å². The van der Waals surface area contributed by atoms with Crippen LogP contribution in [0.4, 0.5) is 0 Å². The van der Waals surface area contributed by atoms with Crippen LogP contribution < -0.4 is 15.6 Å². The first-order chi connectivity index (χ1) is 11.5. The molecule has 1 N–H and O–H groups in total. The largest absolute Gasteiger partial charge is 0.369 e. The maximum Gasteiger partial charge on any atom is 0.369 e. The Hall–Kier alpha value is -3.09. The average molecular weight is 324 g/mol. The Kier molecular flexibility index (Phi) is 2.99.